The third-order valence-electron chi connectivity index (χ3n) is 3.08. The summed E-state index contributed by atoms with van der Waals surface area (Å²) in [5.74, 6) is 1.03. The van der Waals surface area contributed by atoms with E-state index in [1.54, 1.807) is 12.1 Å². The minimum Gasteiger partial charge on any atom is -0.486 e. The average Bonchev–Trinajstić information content (AvgIpc) is 2.46. The lowest BCUT2D eigenvalue weighted by atomic mass is 10.0. The van der Waals surface area contributed by atoms with Crippen LogP contribution in [-0.2, 0) is 0 Å². The summed E-state index contributed by atoms with van der Waals surface area (Å²) >= 11 is 9.85. The summed E-state index contributed by atoms with van der Waals surface area (Å²) < 4.78 is 24.3. The SMILES string of the molecule is Fc1cccc(C(Br)c2cc3c(cc2Cl)OCCO3)c1. The fourth-order valence-corrected chi connectivity index (χ4v) is 3.18. The predicted octanol–water partition coefficient (Wildman–Crippen LogP) is 4.73. The van der Waals surface area contributed by atoms with E-state index in [1.807, 2.05) is 12.1 Å². The lowest BCUT2D eigenvalue weighted by Gasteiger charge is -2.21. The van der Waals surface area contributed by atoms with Crippen molar-refractivity contribution in [2.45, 2.75) is 4.83 Å². The average molecular weight is 358 g/mol. The van der Waals surface area contributed by atoms with Crippen LogP contribution in [0.3, 0.4) is 0 Å². The molecule has 0 saturated carbocycles. The highest BCUT2D eigenvalue weighted by atomic mass is 79.9. The molecule has 0 radical (unpaired) electrons. The van der Waals surface area contributed by atoms with Gasteiger partial charge < -0.3 is 9.47 Å². The Morgan fingerprint density at radius 2 is 1.80 bits per heavy atom. The van der Waals surface area contributed by atoms with E-state index in [0.717, 1.165) is 11.1 Å². The van der Waals surface area contributed by atoms with Crippen LogP contribution in [-0.4, -0.2) is 13.2 Å². The Kier molecular flexibility index (Phi) is 3.85. The van der Waals surface area contributed by atoms with Gasteiger partial charge >= 0.3 is 0 Å². The van der Waals surface area contributed by atoms with Crippen molar-refractivity contribution in [1.82, 2.24) is 0 Å². The quantitative estimate of drug-likeness (QED) is 0.723. The molecule has 20 heavy (non-hydrogen) atoms. The van der Waals surface area contributed by atoms with Gasteiger partial charge in [-0.2, -0.15) is 0 Å². The van der Waals surface area contributed by atoms with Crippen molar-refractivity contribution < 1.29 is 13.9 Å². The first-order chi connectivity index (χ1) is 9.65. The van der Waals surface area contributed by atoms with E-state index >= 15 is 0 Å². The zero-order valence-electron chi connectivity index (χ0n) is 10.4. The van der Waals surface area contributed by atoms with Crippen molar-refractivity contribution in [3.63, 3.8) is 0 Å². The molecule has 0 aliphatic carbocycles. The van der Waals surface area contributed by atoms with Gasteiger partial charge in [0.1, 0.15) is 19.0 Å². The zero-order valence-corrected chi connectivity index (χ0v) is 12.7. The number of fused-ring (bicyclic) bond motifs is 1. The minimum absolute atomic E-state index is 0.207. The second-order valence-electron chi connectivity index (χ2n) is 4.43. The van der Waals surface area contributed by atoms with Crippen LogP contribution in [0.5, 0.6) is 11.5 Å². The van der Waals surface area contributed by atoms with Crippen molar-refractivity contribution in [2.75, 3.05) is 13.2 Å². The first kappa shape index (κ1) is 13.7. The highest BCUT2D eigenvalue weighted by molar-refractivity contribution is 9.09. The molecular weight excluding hydrogens is 347 g/mol. The molecule has 3 rings (SSSR count). The molecule has 5 heteroatoms. The number of ether oxygens (including phenoxy) is 2. The first-order valence-electron chi connectivity index (χ1n) is 6.14. The van der Waals surface area contributed by atoms with Gasteiger partial charge in [-0.25, -0.2) is 4.39 Å². The van der Waals surface area contributed by atoms with Crippen LogP contribution in [0.1, 0.15) is 16.0 Å². The number of hydrogen-bond acceptors (Lipinski definition) is 2. The fourth-order valence-electron chi connectivity index (χ4n) is 2.12. The summed E-state index contributed by atoms with van der Waals surface area (Å²) in [6.07, 6.45) is 0. The van der Waals surface area contributed by atoms with Crippen molar-refractivity contribution in [1.29, 1.82) is 0 Å². The highest BCUT2D eigenvalue weighted by Gasteiger charge is 2.20. The van der Waals surface area contributed by atoms with Gasteiger partial charge in [0.2, 0.25) is 0 Å². The summed E-state index contributed by atoms with van der Waals surface area (Å²) in [4.78, 5) is -0.207. The third kappa shape index (κ3) is 2.63. The van der Waals surface area contributed by atoms with Crippen LogP contribution in [0.2, 0.25) is 5.02 Å². The molecule has 2 nitrogen and oxygen atoms in total. The van der Waals surface area contributed by atoms with E-state index in [2.05, 4.69) is 15.9 Å². The molecule has 0 spiro atoms. The monoisotopic (exact) mass is 356 g/mol. The molecule has 2 aromatic rings. The van der Waals surface area contributed by atoms with Gasteiger partial charge in [-0.15, -0.1) is 0 Å². The summed E-state index contributed by atoms with van der Waals surface area (Å²) in [7, 11) is 0. The fraction of sp³-hybridized carbons (Fsp3) is 0.200. The molecule has 104 valence electrons. The van der Waals surface area contributed by atoms with Crippen LogP contribution < -0.4 is 9.47 Å². The number of hydrogen-bond donors (Lipinski definition) is 0. The Morgan fingerprint density at radius 1 is 1.10 bits per heavy atom. The number of halogens is 3. The van der Waals surface area contributed by atoms with Crippen molar-refractivity contribution in [2.24, 2.45) is 0 Å². The molecule has 2 aromatic carbocycles. The molecule has 1 aliphatic rings. The Labute approximate surface area is 129 Å². The largest absolute Gasteiger partial charge is 0.486 e. The third-order valence-corrected chi connectivity index (χ3v) is 4.43. The molecule has 0 N–H and O–H groups in total. The lowest BCUT2D eigenvalue weighted by Crippen LogP contribution is -2.15. The first-order valence-corrected chi connectivity index (χ1v) is 7.43. The number of benzene rings is 2. The zero-order chi connectivity index (χ0) is 14.1. The maximum Gasteiger partial charge on any atom is 0.162 e. The van der Waals surface area contributed by atoms with Crippen molar-refractivity contribution >= 4 is 27.5 Å². The molecule has 0 amide bonds. The maximum absolute atomic E-state index is 13.3. The molecule has 0 saturated heterocycles. The minimum atomic E-state index is -0.277. The normalized spacial score (nSPS) is 14.9. The van der Waals surface area contributed by atoms with Crippen LogP contribution in [0.25, 0.3) is 0 Å². The lowest BCUT2D eigenvalue weighted by molar-refractivity contribution is 0.171. The summed E-state index contributed by atoms with van der Waals surface area (Å²) in [5.41, 5.74) is 1.62. The molecule has 0 aromatic heterocycles. The topological polar surface area (TPSA) is 18.5 Å². The summed E-state index contributed by atoms with van der Waals surface area (Å²) in [5, 5.41) is 0.556. The summed E-state index contributed by atoms with van der Waals surface area (Å²) in [6.45, 7) is 1.03. The Bertz CT molecular complexity index is 648. The molecule has 0 fully saturated rings. The molecule has 1 aliphatic heterocycles. The Hall–Kier alpha value is -1.26. The van der Waals surface area contributed by atoms with Gasteiger partial charge in [-0.1, -0.05) is 39.7 Å². The van der Waals surface area contributed by atoms with Gasteiger partial charge in [0.25, 0.3) is 0 Å². The van der Waals surface area contributed by atoms with E-state index in [1.165, 1.54) is 12.1 Å². The van der Waals surface area contributed by atoms with Gasteiger partial charge in [0, 0.05) is 11.1 Å². The molecule has 1 unspecified atom stereocenters. The van der Waals surface area contributed by atoms with Gasteiger partial charge in [0.05, 0.1) is 4.83 Å². The summed E-state index contributed by atoms with van der Waals surface area (Å²) in [6, 6.07) is 9.97. The van der Waals surface area contributed by atoms with E-state index in [-0.39, 0.29) is 10.6 Å². The van der Waals surface area contributed by atoms with Crippen LogP contribution in [0, 0.1) is 5.82 Å². The van der Waals surface area contributed by atoms with Crippen molar-refractivity contribution in [3.8, 4) is 11.5 Å². The molecular formula is C15H11BrClFO2. The van der Waals surface area contributed by atoms with Gasteiger partial charge in [-0.3, -0.25) is 0 Å². The molecule has 1 heterocycles. The smallest absolute Gasteiger partial charge is 0.162 e. The van der Waals surface area contributed by atoms with Gasteiger partial charge in [-0.05, 0) is 29.3 Å². The highest BCUT2D eigenvalue weighted by Crippen LogP contribution is 2.42. The second-order valence-corrected chi connectivity index (χ2v) is 5.76. The molecule has 1 atom stereocenters. The Morgan fingerprint density at radius 3 is 2.50 bits per heavy atom. The van der Waals surface area contributed by atoms with E-state index in [4.69, 9.17) is 21.1 Å². The van der Waals surface area contributed by atoms with Crippen molar-refractivity contribution in [3.05, 3.63) is 58.4 Å². The van der Waals surface area contributed by atoms with E-state index in [9.17, 15) is 4.39 Å². The number of rotatable bonds is 2. The van der Waals surface area contributed by atoms with Crippen LogP contribution in [0.15, 0.2) is 36.4 Å². The number of alkyl halides is 1. The van der Waals surface area contributed by atoms with Crippen LogP contribution in [0.4, 0.5) is 4.39 Å². The molecule has 0 bridgehead atoms. The maximum atomic E-state index is 13.3. The van der Waals surface area contributed by atoms with E-state index in [0.29, 0.717) is 29.7 Å². The predicted molar refractivity (Wildman–Crippen MR) is 79.6 cm³/mol. The Balaban J connectivity index is 2.01. The van der Waals surface area contributed by atoms with Gasteiger partial charge in [0.15, 0.2) is 11.5 Å². The standard InChI is InChI=1S/C15H11BrClFO2/c16-15(9-2-1-3-10(18)6-9)11-7-13-14(8-12(11)17)20-5-4-19-13/h1-3,6-8,15H,4-5H2. The van der Waals surface area contributed by atoms with Crippen LogP contribution >= 0.6 is 27.5 Å². The van der Waals surface area contributed by atoms with E-state index < -0.39 is 0 Å². The second kappa shape index (κ2) is 5.62.